The Labute approximate surface area is 143 Å². The number of nitrogens with zero attached hydrogens (tertiary/aromatic N) is 4. The Bertz CT molecular complexity index is 820. The largest absolute Gasteiger partial charge is 0.326 e. The Balaban J connectivity index is 1.89. The maximum Gasteiger partial charge on any atom is 0.231 e. The lowest BCUT2D eigenvalue weighted by molar-refractivity contribution is 0.628. The van der Waals surface area contributed by atoms with Crippen LogP contribution in [0.3, 0.4) is 0 Å². The number of nitrogens with one attached hydrogen (secondary N) is 1. The van der Waals surface area contributed by atoms with E-state index in [2.05, 4.69) is 32.2 Å². The number of benzene rings is 1. The molecule has 1 aliphatic rings. The maximum atomic E-state index is 14.4. The van der Waals surface area contributed by atoms with Gasteiger partial charge in [0.05, 0.1) is 16.6 Å². The van der Waals surface area contributed by atoms with Gasteiger partial charge < -0.3 is 11.1 Å². The van der Waals surface area contributed by atoms with Crippen molar-refractivity contribution in [3.8, 4) is 11.4 Å². The fourth-order valence-corrected chi connectivity index (χ4v) is 2.53. The maximum absolute atomic E-state index is 14.4. The highest BCUT2D eigenvalue weighted by molar-refractivity contribution is 6.31. The molecule has 1 atom stereocenters. The average Bonchev–Trinajstić information content (AvgIpc) is 3.05. The summed E-state index contributed by atoms with van der Waals surface area (Å²) in [5.74, 6) is 0.542. The predicted octanol–water partition coefficient (Wildman–Crippen LogP) is 2.95. The Morgan fingerprint density at radius 1 is 1.33 bits per heavy atom. The third-order valence-electron chi connectivity index (χ3n) is 3.63. The van der Waals surface area contributed by atoms with Crippen LogP contribution in [0.15, 0.2) is 35.6 Å². The van der Waals surface area contributed by atoms with Crippen molar-refractivity contribution < 1.29 is 4.39 Å². The van der Waals surface area contributed by atoms with Crippen LogP contribution in [0.2, 0.25) is 5.02 Å². The molecule has 1 aliphatic heterocycles. The summed E-state index contributed by atoms with van der Waals surface area (Å²) in [5.41, 5.74) is 6.25. The van der Waals surface area contributed by atoms with E-state index >= 15 is 0 Å². The fraction of sp³-hybridized carbons (Fsp3) is 0.250. The number of aromatic nitrogens is 3. The molecule has 24 heavy (non-hydrogen) atoms. The lowest BCUT2D eigenvalue weighted by atomic mass is 10.1. The van der Waals surface area contributed by atoms with Gasteiger partial charge in [0.15, 0.2) is 11.6 Å². The molecule has 0 saturated carbocycles. The smallest absolute Gasteiger partial charge is 0.231 e. The molecule has 2 heterocycles. The lowest BCUT2D eigenvalue weighted by Gasteiger charge is -2.08. The van der Waals surface area contributed by atoms with Crippen LogP contribution >= 0.6 is 11.6 Å². The van der Waals surface area contributed by atoms with Crippen LogP contribution in [-0.2, 0) is 6.54 Å². The summed E-state index contributed by atoms with van der Waals surface area (Å²) in [6.07, 6.45) is 6.09. The number of halogens is 2. The number of nitrogens with two attached hydrogens (primary N) is 1. The van der Waals surface area contributed by atoms with Gasteiger partial charge in [-0.1, -0.05) is 30.7 Å². The predicted molar refractivity (Wildman–Crippen MR) is 92.4 cm³/mol. The number of aliphatic imine (C=N–C) groups is 1. The molecular formula is C16H16ClFN6. The van der Waals surface area contributed by atoms with E-state index < -0.39 is 5.82 Å². The molecule has 3 rings (SSSR count). The summed E-state index contributed by atoms with van der Waals surface area (Å²) in [7, 11) is 0. The van der Waals surface area contributed by atoms with Crippen molar-refractivity contribution in [1.29, 1.82) is 0 Å². The van der Waals surface area contributed by atoms with E-state index in [1.807, 2.05) is 12.2 Å². The first-order valence-electron chi connectivity index (χ1n) is 7.51. The fourth-order valence-electron chi connectivity index (χ4n) is 2.29. The van der Waals surface area contributed by atoms with E-state index in [9.17, 15) is 4.39 Å². The van der Waals surface area contributed by atoms with Gasteiger partial charge in [-0.05, 0) is 24.1 Å². The Kier molecular flexibility index (Phi) is 4.82. The third-order valence-corrected chi connectivity index (χ3v) is 4.04. The number of hydrogen-bond acceptors (Lipinski definition) is 6. The number of rotatable bonds is 4. The molecule has 6 nitrogen and oxygen atoms in total. The van der Waals surface area contributed by atoms with Gasteiger partial charge >= 0.3 is 0 Å². The second-order valence-electron chi connectivity index (χ2n) is 5.21. The summed E-state index contributed by atoms with van der Waals surface area (Å²) in [6.45, 7) is 2.21. The molecule has 0 saturated heterocycles. The summed E-state index contributed by atoms with van der Waals surface area (Å²) >= 11 is 5.99. The van der Waals surface area contributed by atoms with E-state index in [-0.39, 0.29) is 29.0 Å². The topological polar surface area (TPSA) is 89.1 Å². The first kappa shape index (κ1) is 16.5. The second-order valence-corrected chi connectivity index (χ2v) is 5.59. The van der Waals surface area contributed by atoms with Crippen molar-refractivity contribution in [2.24, 2.45) is 10.7 Å². The number of amidine groups is 1. The number of hydrogen-bond donors (Lipinski definition) is 2. The summed E-state index contributed by atoms with van der Waals surface area (Å²) in [5, 5.41) is 2.98. The first-order valence-corrected chi connectivity index (χ1v) is 7.89. The molecule has 0 radical (unpaired) electrons. The molecule has 1 aromatic heterocycles. The highest BCUT2D eigenvalue weighted by Crippen LogP contribution is 2.28. The lowest BCUT2D eigenvalue weighted by Crippen LogP contribution is -2.12. The van der Waals surface area contributed by atoms with E-state index in [1.54, 1.807) is 12.1 Å². The molecule has 0 unspecified atom stereocenters. The molecule has 8 heteroatoms. The van der Waals surface area contributed by atoms with Gasteiger partial charge in [-0.3, -0.25) is 4.99 Å². The van der Waals surface area contributed by atoms with Crippen molar-refractivity contribution in [2.75, 3.05) is 5.32 Å². The van der Waals surface area contributed by atoms with Crippen molar-refractivity contribution >= 4 is 23.4 Å². The minimum atomic E-state index is -0.596. The van der Waals surface area contributed by atoms with Crippen LogP contribution in [0.4, 0.5) is 10.3 Å². The van der Waals surface area contributed by atoms with Gasteiger partial charge in [0.25, 0.3) is 0 Å². The van der Waals surface area contributed by atoms with Crippen molar-refractivity contribution in [3.63, 3.8) is 0 Å². The first-order chi connectivity index (χ1) is 11.6. The quantitative estimate of drug-likeness (QED) is 0.888. The Morgan fingerprint density at radius 3 is 2.88 bits per heavy atom. The zero-order valence-corrected chi connectivity index (χ0v) is 13.8. The molecule has 124 valence electrons. The minimum absolute atomic E-state index is 0.0150. The second kappa shape index (κ2) is 7.02. The zero-order valence-electron chi connectivity index (χ0n) is 13.0. The molecule has 0 fully saturated rings. The van der Waals surface area contributed by atoms with Crippen LogP contribution in [0.1, 0.15) is 18.9 Å². The van der Waals surface area contributed by atoms with E-state index in [0.717, 1.165) is 6.42 Å². The van der Waals surface area contributed by atoms with Crippen LogP contribution in [0, 0.1) is 5.82 Å². The number of anilines is 1. The highest BCUT2D eigenvalue weighted by atomic mass is 35.5. The van der Waals surface area contributed by atoms with Crippen LogP contribution in [-0.4, -0.2) is 26.8 Å². The molecule has 0 amide bonds. The Hall–Kier alpha value is -2.38. The average molecular weight is 347 g/mol. The van der Waals surface area contributed by atoms with Gasteiger partial charge in [0.1, 0.15) is 12.2 Å². The molecule has 1 aromatic carbocycles. The summed E-state index contributed by atoms with van der Waals surface area (Å²) in [6, 6.07) is 3.38. The van der Waals surface area contributed by atoms with Crippen molar-refractivity contribution in [3.05, 3.63) is 47.0 Å². The summed E-state index contributed by atoms with van der Waals surface area (Å²) < 4.78 is 14.4. The summed E-state index contributed by atoms with van der Waals surface area (Å²) in [4.78, 5) is 16.7. The molecule has 2 aromatic rings. The van der Waals surface area contributed by atoms with Gasteiger partial charge in [0.2, 0.25) is 5.95 Å². The van der Waals surface area contributed by atoms with Gasteiger partial charge in [0, 0.05) is 6.54 Å². The van der Waals surface area contributed by atoms with Crippen LogP contribution < -0.4 is 11.1 Å². The molecule has 0 spiro atoms. The van der Waals surface area contributed by atoms with Crippen molar-refractivity contribution in [1.82, 2.24) is 15.0 Å². The van der Waals surface area contributed by atoms with E-state index in [4.69, 9.17) is 17.3 Å². The van der Waals surface area contributed by atoms with Gasteiger partial charge in [-0.2, -0.15) is 4.98 Å². The minimum Gasteiger partial charge on any atom is -0.326 e. The highest BCUT2D eigenvalue weighted by Gasteiger charge is 2.16. The van der Waals surface area contributed by atoms with Crippen LogP contribution in [0.25, 0.3) is 11.4 Å². The van der Waals surface area contributed by atoms with Gasteiger partial charge in [-0.25, -0.2) is 14.4 Å². The molecule has 3 N–H and O–H groups in total. The van der Waals surface area contributed by atoms with Gasteiger partial charge in [-0.15, -0.1) is 0 Å². The standard InChI is InChI=1S/C16H16ClFN6/c1-2-10-4-6-12(22-10)23-16-21-8-20-15(24-16)11-5-3-9(7-19)13(17)14(11)18/h3-6,8,10H,2,7,19H2,1H3,(H,20,21,22,23,24)/t10-/m1/s1. The van der Waals surface area contributed by atoms with E-state index in [0.29, 0.717) is 17.3 Å². The zero-order chi connectivity index (χ0) is 17.1. The molecule has 0 bridgehead atoms. The van der Waals surface area contributed by atoms with E-state index in [1.165, 1.54) is 6.33 Å². The van der Waals surface area contributed by atoms with Crippen LogP contribution in [0.5, 0.6) is 0 Å². The SMILES string of the molecule is CC[C@@H]1C=CC(Nc2ncnc(-c3ccc(CN)c(Cl)c3F)n2)=N1. The Morgan fingerprint density at radius 2 is 2.17 bits per heavy atom. The third kappa shape index (κ3) is 3.27. The van der Waals surface area contributed by atoms with Crippen molar-refractivity contribution in [2.45, 2.75) is 25.9 Å². The molecular weight excluding hydrogens is 331 g/mol. The monoisotopic (exact) mass is 346 g/mol. The normalized spacial score (nSPS) is 16.3. The molecule has 0 aliphatic carbocycles.